The fourth-order valence-corrected chi connectivity index (χ4v) is 3.43. The second kappa shape index (κ2) is 8.52. The third-order valence-corrected chi connectivity index (χ3v) is 4.35. The van der Waals surface area contributed by atoms with Gasteiger partial charge in [0.25, 0.3) is 0 Å². The van der Waals surface area contributed by atoms with Crippen LogP contribution in [0.1, 0.15) is 38.7 Å². The summed E-state index contributed by atoms with van der Waals surface area (Å²) in [7, 11) is 0. The molecule has 0 spiro atoms. The molecule has 1 aromatic carbocycles. The van der Waals surface area contributed by atoms with E-state index in [0.29, 0.717) is 18.0 Å². The van der Waals surface area contributed by atoms with Crippen LogP contribution in [0.5, 0.6) is 0 Å². The molecular formula is C18H30N2O. The summed E-state index contributed by atoms with van der Waals surface area (Å²) < 4.78 is 0. The number of hydrogen-bond acceptors (Lipinski definition) is 3. The summed E-state index contributed by atoms with van der Waals surface area (Å²) in [5.41, 5.74) is 1.40. The second-order valence-electron chi connectivity index (χ2n) is 6.56. The van der Waals surface area contributed by atoms with Crippen LogP contribution in [0.2, 0.25) is 0 Å². The van der Waals surface area contributed by atoms with Gasteiger partial charge in [0.15, 0.2) is 0 Å². The van der Waals surface area contributed by atoms with Crippen molar-refractivity contribution >= 4 is 0 Å². The van der Waals surface area contributed by atoms with Crippen molar-refractivity contribution in [2.24, 2.45) is 5.92 Å². The number of aliphatic hydroxyl groups excluding tert-OH is 1. The van der Waals surface area contributed by atoms with E-state index in [0.717, 1.165) is 19.5 Å². The van der Waals surface area contributed by atoms with Gasteiger partial charge in [0.1, 0.15) is 0 Å². The first-order valence-electron chi connectivity index (χ1n) is 8.32. The third-order valence-electron chi connectivity index (χ3n) is 4.35. The molecule has 1 aliphatic heterocycles. The Kier molecular flexibility index (Phi) is 6.68. The Morgan fingerprint density at radius 2 is 2.05 bits per heavy atom. The topological polar surface area (TPSA) is 35.5 Å². The Bertz CT molecular complexity index is 393. The van der Waals surface area contributed by atoms with E-state index in [1.54, 1.807) is 0 Å². The lowest BCUT2D eigenvalue weighted by Gasteiger charge is -2.38. The molecule has 2 N–H and O–H groups in total. The lowest BCUT2D eigenvalue weighted by Crippen LogP contribution is -2.47. The highest BCUT2D eigenvalue weighted by Gasteiger charge is 2.27. The van der Waals surface area contributed by atoms with Crippen molar-refractivity contribution in [2.45, 2.75) is 51.7 Å². The number of piperidine rings is 1. The number of likely N-dealkylation sites (tertiary alicyclic amines) is 1. The normalized spacial score (nSPS) is 21.6. The van der Waals surface area contributed by atoms with Crippen molar-refractivity contribution in [3.05, 3.63) is 35.9 Å². The molecule has 2 rings (SSSR count). The van der Waals surface area contributed by atoms with E-state index in [4.69, 9.17) is 0 Å². The molecule has 1 fully saturated rings. The highest BCUT2D eigenvalue weighted by Crippen LogP contribution is 2.23. The van der Waals surface area contributed by atoms with Gasteiger partial charge in [-0.15, -0.1) is 0 Å². The van der Waals surface area contributed by atoms with E-state index in [1.807, 2.05) is 0 Å². The molecule has 0 saturated carbocycles. The summed E-state index contributed by atoms with van der Waals surface area (Å²) >= 11 is 0. The van der Waals surface area contributed by atoms with E-state index in [-0.39, 0.29) is 6.61 Å². The summed E-state index contributed by atoms with van der Waals surface area (Å²) in [6, 6.07) is 11.6. The minimum Gasteiger partial charge on any atom is -0.396 e. The van der Waals surface area contributed by atoms with Gasteiger partial charge in [-0.05, 0) is 37.3 Å². The van der Waals surface area contributed by atoms with Gasteiger partial charge in [-0.2, -0.15) is 0 Å². The summed E-state index contributed by atoms with van der Waals surface area (Å²) in [5.74, 6) is 0.650. The average Bonchev–Trinajstić information content (AvgIpc) is 2.48. The van der Waals surface area contributed by atoms with Crippen molar-refractivity contribution in [1.29, 1.82) is 0 Å². The third kappa shape index (κ3) is 5.42. The van der Waals surface area contributed by atoms with Crippen LogP contribution in [0.15, 0.2) is 30.3 Å². The maximum absolute atomic E-state index is 9.33. The Labute approximate surface area is 129 Å². The number of hydrogen-bond donors (Lipinski definition) is 2. The summed E-state index contributed by atoms with van der Waals surface area (Å²) in [6.07, 6.45) is 3.40. The molecule has 21 heavy (non-hydrogen) atoms. The Morgan fingerprint density at radius 3 is 2.71 bits per heavy atom. The highest BCUT2D eigenvalue weighted by molar-refractivity contribution is 5.14. The van der Waals surface area contributed by atoms with Crippen molar-refractivity contribution in [2.75, 3.05) is 19.7 Å². The monoisotopic (exact) mass is 290 g/mol. The minimum atomic E-state index is 0.277. The van der Waals surface area contributed by atoms with Gasteiger partial charge < -0.3 is 10.4 Å². The molecule has 3 nitrogen and oxygen atoms in total. The largest absolute Gasteiger partial charge is 0.396 e. The zero-order valence-electron chi connectivity index (χ0n) is 13.5. The Morgan fingerprint density at radius 1 is 1.29 bits per heavy atom. The van der Waals surface area contributed by atoms with Gasteiger partial charge >= 0.3 is 0 Å². The van der Waals surface area contributed by atoms with E-state index in [9.17, 15) is 5.11 Å². The van der Waals surface area contributed by atoms with Gasteiger partial charge in [-0.1, -0.05) is 44.2 Å². The first kappa shape index (κ1) is 16.5. The van der Waals surface area contributed by atoms with Gasteiger partial charge in [0, 0.05) is 31.8 Å². The van der Waals surface area contributed by atoms with Crippen molar-refractivity contribution in [1.82, 2.24) is 10.2 Å². The number of rotatable bonds is 7. The van der Waals surface area contributed by atoms with Crippen LogP contribution < -0.4 is 5.32 Å². The molecular weight excluding hydrogens is 260 g/mol. The van der Waals surface area contributed by atoms with Crippen molar-refractivity contribution in [3.8, 4) is 0 Å². The molecule has 0 bridgehead atoms. The van der Waals surface area contributed by atoms with Crippen LogP contribution in [0.4, 0.5) is 0 Å². The van der Waals surface area contributed by atoms with Crippen molar-refractivity contribution < 1.29 is 5.11 Å². The minimum absolute atomic E-state index is 0.277. The first-order chi connectivity index (χ1) is 10.2. The maximum Gasteiger partial charge on any atom is 0.0445 e. The van der Waals surface area contributed by atoms with E-state index >= 15 is 0 Å². The molecule has 3 heteroatoms. The molecule has 0 aliphatic carbocycles. The number of aliphatic hydroxyl groups is 1. The van der Waals surface area contributed by atoms with Crippen LogP contribution in [0, 0.1) is 5.92 Å². The smallest absolute Gasteiger partial charge is 0.0445 e. The number of benzene rings is 1. The molecule has 2 atom stereocenters. The van der Waals surface area contributed by atoms with E-state index in [1.165, 1.54) is 24.9 Å². The molecule has 0 radical (unpaired) electrons. The predicted octanol–water partition coefficient (Wildman–Crippen LogP) is 2.65. The first-order valence-corrected chi connectivity index (χ1v) is 8.32. The quantitative estimate of drug-likeness (QED) is 0.810. The van der Waals surface area contributed by atoms with E-state index < -0.39 is 0 Å². The Balaban J connectivity index is 1.92. The summed E-state index contributed by atoms with van der Waals surface area (Å²) in [4.78, 5) is 2.57. The summed E-state index contributed by atoms with van der Waals surface area (Å²) in [6.45, 7) is 8.03. The van der Waals surface area contributed by atoms with Gasteiger partial charge in [0.2, 0.25) is 0 Å². The fourth-order valence-electron chi connectivity index (χ4n) is 3.43. The van der Waals surface area contributed by atoms with Crippen LogP contribution in [0.3, 0.4) is 0 Å². The Hall–Kier alpha value is -0.900. The number of nitrogens with one attached hydrogen (secondary N) is 1. The zero-order chi connectivity index (χ0) is 15.1. The van der Waals surface area contributed by atoms with Crippen LogP contribution in [-0.4, -0.2) is 41.8 Å². The molecule has 1 heterocycles. The van der Waals surface area contributed by atoms with Gasteiger partial charge in [0.05, 0.1) is 0 Å². The molecule has 1 aromatic rings. The lowest BCUT2D eigenvalue weighted by atomic mass is 9.88. The maximum atomic E-state index is 9.33. The van der Waals surface area contributed by atoms with Crippen molar-refractivity contribution in [3.63, 3.8) is 0 Å². The number of nitrogens with zero attached hydrogens (tertiary/aromatic N) is 1. The predicted molar refractivity (Wildman–Crippen MR) is 88.2 cm³/mol. The van der Waals surface area contributed by atoms with E-state index in [2.05, 4.69) is 54.4 Å². The van der Waals surface area contributed by atoms with Crippen LogP contribution in [0.25, 0.3) is 0 Å². The molecule has 1 aliphatic rings. The van der Waals surface area contributed by atoms with Gasteiger partial charge in [-0.25, -0.2) is 0 Å². The molecule has 0 aromatic heterocycles. The van der Waals surface area contributed by atoms with Crippen LogP contribution >= 0.6 is 0 Å². The molecule has 1 saturated heterocycles. The standard InChI is InChI=1S/C18H30N2O/c1-15(2)19-18(10-12-21)17-9-6-11-20(14-17)13-16-7-4-3-5-8-16/h3-5,7-8,15,17-19,21H,6,9-14H2,1-2H3/t17-,18+/m1/s1. The lowest BCUT2D eigenvalue weighted by molar-refractivity contribution is 0.124. The van der Waals surface area contributed by atoms with Crippen LogP contribution in [-0.2, 0) is 6.54 Å². The molecule has 0 amide bonds. The molecule has 0 unspecified atom stereocenters. The van der Waals surface area contributed by atoms with Gasteiger partial charge in [-0.3, -0.25) is 4.90 Å². The average molecular weight is 290 g/mol. The molecule has 118 valence electrons. The fraction of sp³-hybridized carbons (Fsp3) is 0.667. The SMILES string of the molecule is CC(C)N[C@@H](CCO)[C@@H]1CCCN(Cc2ccccc2)C1. The highest BCUT2D eigenvalue weighted by atomic mass is 16.3. The zero-order valence-corrected chi connectivity index (χ0v) is 13.5. The second-order valence-corrected chi connectivity index (χ2v) is 6.56. The summed E-state index contributed by atoms with van der Waals surface area (Å²) in [5, 5.41) is 13.0.